The molecule has 1 aromatic carbocycles. The molecule has 0 spiro atoms. The minimum absolute atomic E-state index is 0.131. The van der Waals surface area contributed by atoms with Crippen molar-refractivity contribution in [1.29, 1.82) is 0 Å². The lowest BCUT2D eigenvalue weighted by Crippen LogP contribution is -1.98. The molecule has 0 saturated heterocycles. The van der Waals surface area contributed by atoms with Crippen molar-refractivity contribution < 1.29 is 9.90 Å². The Balaban J connectivity index is 2.73. The van der Waals surface area contributed by atoms with Crippen molar-refractivity contribution in [2.24, 2.45) is 0 Å². The number of hydrogen-bond donors (Lipinski definition) is 1. The zero-order valence-electron chi connectivity index (χ0n) is 8.41. The first-order valence-electron chi connectivity index (χ1n) is 4.57. The normalized spacial score (nSPS) is 10.1. The van der Waals surface area contributed by atoms with Gasteiger partial charge in [0.2, 0.25) is 0 Å². The highest BCUT2D eigenvalue weighted by atomic mass is 32.2. The standard InChI is InChI=1S/C11H14O2S/c1-3-9-4-5-10(8(2)6-9)14-7-11(12)13/h4-6H,3,7H2,1-2H3,(H,12,13). The molecule has 0 unspecified atom stereocenters. The Labute approximate surface area is 88.3 Å². The Bertz CT molecular complexity index is 334. The average molecular weight is 210 g/mol. The number of hydrogen-bond acceptors (Lipinski definition) is 2. The first-order valence-corrected chi connectivity index (χ1v) is 5.56. The van der Waals surface area contributed by atoms with Crippen molar-refractivity contribution in [2.45, 2.75) is 25.2 Å². The van der Waals surface area contributed by atoms with Crippen LogP contribution in [0.1, 0.15) is 18.1 Å². The van der Waals surface area contributed by atoms with Gasteiger partial charge in [-0.3, -0.25) is 4.79 Å². The second kappa shape index (κ2) is 5.05. The van der Waals surface area contributed by atoms with E-state index >= 15 is 0 Å². The second-order valence-electron chi connectivity index (χ2n) is 3.14. The van der Waals surface area contributed by atoms with Crippen molar-refractivity contribution in [3.05, 3.63) is 29.3 Å². The molecule has 0 aliphatic carbocycles. The van der Waals surface area contributed by atoms with E-state index in [1.807, 2.05) is 13.0 Å². The van der Waals surface area contributed by atoms with Crippen LogP contribution in [-0.2, 0) is 11.2 Å². The Hall–Kier alpha value is -0.960. The summed E-state index contributed by atoms with van der Waals surface area (Å²) in [6, 6.07) is 6.17. The van der Waals surface area contributed by atoms with E-state index in [0.29, 0.717) is 0 Å². The molecule has 1 aromatic rings. The molecule has 2 nitrogen and oxygen atoms in total. The van der Waals surface area contributed by atoms with Crippen LogP contribution in [0.5, 0.6) is 0 Å². The van der Waals surface area contributed by atoms with E-state index in [-0.39, 0.29) is 5.75 Å². The summed E-state index contributed by atoms with van der Waals surface area (Å²) in [5, 5.41) is 8.55. The molecule has 0 fully saturated rings. The van der Waals surface area contributed by atoms with E-state index in [0.717, 1.165) is 16.9 Å². The summed E-state index contributed by atoms with van der Waals surface area (Å²) in [7, 11) is 0. The van der Waals surface area contributed by atoms with Gasteiger partial charge in [0.25, 0.3) is 0 Å². The van der Waals surface area contributed by atoms with Gasteiger partial charge >= 0.3 is 5.97 Å². The molecular formula is C11H14O2S. The molecule has 0 radical (unpaired) electrons. The summed E-state index contributed by atoms with van der Waals surface area (Å²) < 4.78 is 0. The van der Waals surface area contributed by atoms with E-state index in [9.17, 15) is 4.79 Å². The number of rotatable bonds is 4. The molecule has 0 aliphatic heterocycles. The molecule has 0 aliphatic rings. The molecule has 0 aromatic heterocycles. The highest BCUT2D eigenvalue weighted by Crippen LogP contribution is 2.23. The van der Waals surface area contributed by atoms with E-state index < -0.39 is 5.97 Å². The minimum atomic E-state index is -0.769. The van der Waals surface area contributed by atoms with Crippen LogP contribution in [0.25, 0.3) is 0 Å². The first-order chi connectivity index (χ1) is 6.63. The van der Waals surface area contributed by atoms with Gasteiger partial charge in [0.1, 0.15) is 0 Å². The molecular weight excluding hydrogens is 196 g/mol. The number of carbonyl (C=O) groups is 1. The lowest BCUT2D eigenvalue weighted by Gasteiger charge is -2.05. The van der Waals surface area contributed by atoms with E-state index in [2.05, 4.69) is 19.1 Å². The Morgan fingerprint density at radius 2 is 2.21 bits per heavy atom. The predicted octanol–water partition coefficient (Wildman–Crippen LogP) is 2.73. The summed E-state index contributed by atoms with van der Waals surface area (Å²) >= 11 is 1.37. The average Bonchev–Trinajstić information content (AvgIpc) is 2.15. The monoisotopic (exact) mass is 210 g/mol. The van der Waals surface area contributed by atoms with Gasteiger partial charge in [0, 0.05) is 4.90 Å². The third-order valence-corrected chi connectivity index (χ3v) is 3.16. The third kappa shape index (κ3) is 3.07. The molecule has 1 rings (SSSR count). The summed E-state index contributed by atoms with van der Waals surface area (Å²) in [5.41, 5.74) is 2.46. The number of carboxylic acid groups (broad SMARTS) is 1. The SMILES string of the molecule is CCc1ccc(SCC(=O)O)c(C)c1. The van der Waals surface area contributed by atoms with Gasteiger partial charge in [-0.1, -0.05) is 19.1 Å². The molecule has 3 heteroatoms. The molecule has 0 amide bonds. The van der Waals surface area contributed by atoms with Gasteiger partial charge in [-0.25, -0.2) is 0 Å². The smallest absolute Gasteiger partial charge is 0.313 e. The van der Waals surface area contributed by atoms with Gasteiger partial charge in [-0.15, -0.1) is 11.8 Å². The highest BCUT2D eigenvalue weighted by Gasteiger charge is 2.03. The largest absolute Gasteiger partial charge is 0.481 e. The molecule has 0 atom stereocenters. The fourth-order valence-electron chi connectivity index (χ4n) is 1.23. The molecule has 0 saturated carbocycles. The van der Waals surface area contributed by atoms with Crippen LogP contribution in [0.3, 0.4) is 0 Å². The maximum absolute atomic E-state index is 10.4. The van der Waals surface area contributed by atoms with Crippen LogP contribution in [0.15, 0.2) is 23.1 Å². The van der Waals surface area contributed by atoms with E-state index in [1.54, 1.807) is 0 Å². The predicted molar refractivity (Wildman–Crippen MR) is 58.9 cm³/mol. The quantitative estimate of drug-likeness (QED) is 0.776. The van der Waals surface area contributed by atoms with Gasteiger partial charge in [0.15, 0.2) is 0 Å². The fraction of sp³-hybridized carbons (Fsp3) is 0.364. The van der Waals surface area contributed by atoms with Crippen LogP contribution < -0.4 is 0 Å². The lowest BCUT2D eigenvalue weighted by molar-refractivity contribution is -0.133. The minimum Gasteiger partial charge on any atom is -0.481 e. The molecule has 76 valence electrons. The van der Waals surface area contributed by atoms with E-state index in [4.69, 9.17) is 5.11 Å². The zero-order valence-corrected chi connectivity index (χ0v) is 9.23. The molecule has 0 bridgehead atoms. The number of carboxylic acids is 1. The van der Waals surface area contributed by atoms with Crippen molar-refractivity contribution in [2.75, 3.05) is 5.75 Å². The van der Waals surface area contributed by atoms with Crippen LogP contribution in [0, 0.1) is 6.92 Å². The highest BCUT2D eigenvalue weighted by molar-refractivity contribution is 8.00. The maximum atomic E-state index is 10.4. The summed E-state index contributed by atoms with van der Waals surface area (Å²) in [6.07, 6.45) is 1.02. The van der Waals surface area contributed by atoms with Crippen molar-refractivity contribution >= 4 is 17.7 Å². The van der Waals surface area contributed by atoms with Gasteiger partial charge in [0.05, 0.1) is 5.75 Å². The van der Waals surface area contributed by atoms with Crippen molar-refractivity contribution in [3.8, 4) is 0 Å². The maximum Gasteiger partial charge on any atom is 0.313 e. The number of aliphatic carboxylic acids is 1. The van der Waals surface area contributed by atoms with Gasteiger partial charge in [-0.2, -0.15) is 0 Å². The number of thioether (sulfide) groups is 1. The number of aryl methyl sites for hydroxylation is 2. The molecule has 0 heterocycles. The fourth-order valence-corrected chi connectivity index (χ4v) is 1.96. The Kier molecular flexibility index (Phi) is 4.01. The molecule has 14 heavy (non-hydrogen) atoms. The summed E-state index contributed by atoms with van der Waals surface area (Å²) in [6.45, 7) is 4.13. The van der Waals surface area contributed by atoms with Crippen molar-refractivity contribution in [1.82, 2.24) is 0 Å². The summed E-state index contributed by atoms with van der Waals surface area (Å²) in [4.78, 5) is 11.4. The van der Waals surface area contributed by atoms with Crippen LogP contribution in [0.4, 0.5) is 0 Å². The molecule has 1 N–H and O–H groups in total. The van der Waals surface area contributed by atoms with Crippen LogP contribution in [0.2, 0.25) is 0 Å². The van der Waals surface area contributed by atoms with Crippen LogP contribution in [-0.4, -0.2) is 16.8 Å². The topological polar surface area (TPSA) is 37.3 Å². The number of benzene rings is 1. The van der Waals surface area contributed by atoms with Crippen molar-refractivity contribution in [3.63, 3.8) is 0 Å². The van der Waals surface area contributed by atoms with E-state index in [1.165, 1.54) is 17.3 Å². The zero-order chi connectivity index (χ0) is 10.6. The Morgan fingerprint density at radius 3 is 2.71 bits per heavy atom. The van der Waals surface area contributed by atoms with Gasteiger partial charge in [-0.05, 0) is 30.5 Å². The van der Waals surface area contributed by atoms with Crippen LogP contribution >= 0.6 is 11.8 Å². The Morgan fingerprint density at radius 1 is 1.50 bits per heavy atom. The summed E-state index contributed by atoms with van der Waals surface area (Å²) in [5.74, 6) is -0.638. The third-order valence-electron chi connectivity index (χ3n) is 2.00. The first kappa shape index (κ1) is 11.1. The second-order valence-corrected chi connectivity index (χ2v) is 4.15. The lowest BCUT2D eigenvalue weighted by atomic mass is 10.1. The van der Waals surface area contributed by atoms with Gasteiger partial charge < -0.3 is 5.11 Å².